The first-order chi connectivity index (χ1) is 14.6. The molecule has 0 N–H and O–H groups in total. The van der Waals surface area contributed by atoms with Crippen LogP contribution in [0.4, 0.5) is 0 Å². The van der Waals surface area contributed by atoms with Gasteiger partial charge >= 0.3 is 0 Å². The van der Waals surface area contributed by atoms with Crippen molar-refractivity contribution < 1.29 is 4.52 Å². The zero-order chi connectivity index (χ0) is 20.7. The summed E-state index contributed by atoms with van der Waals surface area (Å²) in [6.45, 7) is 2.09. The van der Waals surface area contributed by atoms with Crippen molar-refractivity contribution in [3.63, 3.8) is 0 Å². The molecule has 0 aliphatic rings. The number of halogens is 1. The van der Waals surface area contributed by atoms with Crippen LogP contribution in [-0.4, -0.2) is 29.5 Å². The van der Waals surface area contributed by atoms with Gasteiger partial charge in [0.05, 0.1) is 5.69 Å². The van der Waals surface area contributed by atoms with Crippen molar-refractivity contribution in [2.45, 2.75) is 13.5 Å². The molecule has 0 atom stereocenters. The van der Waals surface area contributed by atoms with Crippen LogP contribution >= 0.6 is 15.9 Å². The van der Waals surface area contributed by atoms with E-state index in [-0.39, 0.29) is 12.1 Å². The molecule has 0 saturated carbocycles. The second-order valence-electron chi connectivity index (χ2n) is 6.84. The highest BCUT2D eigenvalue weighted by Gasteiger charge is 2.14. The number of nitrogens with zero attached hydrogens (tertiary/aromatic N) is 6. The Morgan fingerprint density at radius 1 is 1.03 bits per heavy atom. The minimum Gasteiger partial charge on any atom is -0.337 e. The molecule has 0 unspecified atom stereocenters. The molecule has 0 amide bonds. The van der Waals surface area contributed by atoms with Gasteiger partial charge in [-0.1, -0.05) is 63.0 Å². The molecule has 3 aromatic heterocycles. The van der Waals surface area contributed by atoms with Crippen LogP contribution in [0.1, 0.15) is 11.5 Å². The van der Waals surface area contributed by atoms with E-state index in [1.54, 1.807) is 6.07 Å². The van der Waals surface area contributed by atoms with Crippen molar-refractivity contribution in [1.82, 2.24) is 29.5 Å². The molecule has 5 rings (SSSR count). The van der Waals surface area contributed by atoms with Crippen LogP contribution in [0.5, 0.6) is 0 Å². The number of aromatic nitrogens is 6. The fraction of sp³-hybridized carbons (Fsp3) is 0.0952. The third-order valence-corrected chi connectivity index (χ3v) is 5.22. The normalized spacial score (nSPS) is 11.3. The number of aryl methyl sites for hydroxylation is 1. The smallest absolute Gasteiger partial charge is 0.293 e. The molecule has 0 radical (unpaired) electrons. The highest BCUT2D eigenvalue weighted by molar-refractivity contribution is 9.10. The van der Waals surface area contributed by atoms with Crippen LogP contribution in [0.15, 0.2) is 74.7 Å². The molecular weight excluding hydrogens is 448 g/mol. The molecule has 0 bridgehead atoms. The summed E-state index contributed by atoms with van der Waals surface area (Å²) in [7, 11) is 0. The van der Waals surface area contributed by atoms with Crippen LogP contribution in [-0.2, 0) is 6.54 Å². The summed E-state index contributed by atoms with van der Waals surface area (Å²) in [6, 6.07) is 17.3. The average Bonchev–Trinajstić information content (AvgIpc) is 3.39. The quantitative estimate of drug-likeness (QED) is 0.404. The van der Waals surface area contributed by atoms with Crippen molar-refractivity contribution in [3.05, 3.63) is 87.2 Å². The Bertz CT molecular complexity index is 1400. The van der Waals surface area contributed by atoms with Gasteiger partial charge in [0.25, 0.3) is 5.56 Å². The Kier molecular flexibility index (Phi) is 4.51. The van der Waals surface area contributed by atoms with Gasteiger partial charge in [0.15, 0.2) is 0 Å². The Balaban J connectivity index is 1.45. The Labute approximate surface area is 178 Å². The Morgan fingerprint density at radius 2 is 1.77 bits per heavy atom. The van der Waals surface area contributed by atoms with Crippen LogP contribution in [0, 0.1) is 6.92 Å². The number of rotatable bonds is 4. The van der Waals surface area contributed by atoms with Gasteiger partial charge in [-0.15, -0.1) is 0 Å². The number of benzene rings is 2. The molecular formula is C21H15BrN6O2. The molecule has 30 heavy (non-hydrogen) atoms. The first-order valence-corrected chi connectivity index (χ1v) is 9.97. The van der Waals surface area contributed by atoms with E-state index in [4.69, 9.17) is 4.52 Å². The van der Waals surface area contributed by atoms with E-state index in [0.29, 0.717) is 22.9 Å². The van der Waals surface area contributed by atoms with Gasteiger partial charge in [0, 0.05) is 15.6 Å². The first kappa shape index (κ1) is 18.4. The molecule has 0 aliphatic carbocycles. The van der Waals surface area contributed by atoms with Crippen LogP contribution in [0.25, 0.3) is 28.2 Å². The summed E-state index contributed by atoms with van der Waals surface area (Å²) >= 11 is 3.42. The molecule has 0 saturated heterocycles. The molecule has 3 heterocycles. The van der Waals surface area contributed by atoms with Gasteiger partial charge in [-0.05, 0) is 25.1 Å². The predicted octanol–water partition coefficient (Wildman–Crippen LogP) is 3.73. The number of hydrogen-bond acceptors (Lipinski definition) is 6. The SMILES string of the molecule is Cc1ccc(-c2noc(Cn3ncn4nc(-c5ccc(Br)cc5)cc4c3=O)n2)cc1. The van der Waals surface area contributed by atoms with Gasteiger partial charge < -0.3 is 4.52 Å². The van der Waals surface area contributed by atoms with Gasteiger partial charge in [0.2, 0.25) is 11.7 Å². The lowest BCUT2D eigenvalue weighted by molar-refractivity contribution is 0.362. The highest BCUT2D eigenvalue weighted by Crippen LogP contribution is 2.21. The van der Waals surface area contributed by atoms with Crippen molar-refractivity contribution in [2.75, 3.05) is 0 Å². The van der Waals surface area contributed by atoms with Gasteiger partial charge in [-0.25, -0.2) is 9.20 Å². The summed E-state index contributed by atoms with van der Waals surface area (Å²) in [4.78, 5) is 17.3. The zero-order valence-corrected chi connectivity index (χ0v) is 17.4. The fourth-order valence-corrected chi connectivity index (χ4v) is 3.34. The highest BCUT2D eigenvalue weighted by atomic mass is 79.9. The summed E-state index contributed by atoms with van der Waals surface area (Å²) in [6.07, 6.45) is 1.50. The molecule has 5 aromatic rings. The fourth-order valence-electron chi connectivity index (χ4n) is 3.08. The second kappa shape index (κ2) is 7.34. The maximum atomic E-state index is 12.9. The van der Waals surface area contributed by atoms with Crippen molar-refractivity contribution in [1.29, 1.82) is 0 Å². The van der Waals surface area contributed by atoms with E-state index >= 15 is 0 Å². The molecule has 0 fully saturated rings. The zero-order valence-electron chi connectivity index (χ0n) is 15.9. The minimum atomic E-state index is -0.288. The third kappa shape index (κ3) is 3.43. The summed E-state index contributed by atoms with van der Waals surface area (Å²) in [5.74, 6) is 0.776. The topological polar surface area (TPSA) is 91.1 Å². The lowest BCUT2D eigenvalue weighted by Gasteiger charge is -2.00. The monoisotopic (exact) mass is 462 g/mol. The summed E-state index contributed by atoms with van der Waals surface area (Å²) < 4.78 is 9.05. The van der Waals surface area contributed by atoms with E-state index in [2.05, 4.69) is 36.3 Å². The van der Waals surface area contributed by atoms with Crippen LogP contribution in [0.2, 0.25) is 0 Å². The van der Waals surface area contributed by atoms with Crippen molar-refractivity contribution in [2.24, 2.45) is 0 Å². The van der Waals surface area contributed by atoms with E-state index in [0.717, 1.165) is 21.2 Å². The maximum absolute atomic E-state index is 12.9. The molecule has 148 valence electrons. The molecule has 9 heteroatoms. The summed E-state index contributed by atoms with van der Waals surface area (Å²) in [5.41, 5.74) is 3.73. The van der Waals surface area contributed by atoms with E-state index in [1.165, 1.54) is 15.5 Å². The molecule has 2 aromatic carbocycles. The lowest BCUT2D eigenvalue weighted by atomic mass is 10.1. The molecule has 0 aliphatic heterocycles. The minimum absolute atomic E-state index is 0.0764. The summed E-state index contributed by atoms with van der Waals surface area (Å²) in [5, 5.41) is 12.6. The predicted molar refractivity (Wildman–Crippen MR) is 114 cm³/mol. The van der Waals surface area contributed by atoms with Crippen molar-refractivity contribution in [3.8, 4) is 22.6 Å². The number of fused-ring (bicyclic) bond motifs is 1. The maximum Gasteiger partial charge on any atom is 0.293 e. The molecule has 8 nitrogen and oxygen atoms in total. The van der Waals surface area contributed by atoms with E-state index < -0.39 is 0 Å². The second-order valence-corrected chi connectivity index (χ2v) is 7.75. The van der Waals surface area contributed by atoms with Gasteiger partial charge in [-0.2, -0.15) is 15.2 Å². The molecule has 0 spiro atoms. The third-order valence-electron chi connectivity index (χ3n) is 4.69. The van der Waals surface area contributed by atoms with E-state index in [9.17, 15) is 4.79 Å². The Hall–Kier alpha value is -3.59. The van der Waals surface area contributed by atoms with Gasteiger partial charge in [-0.3, -0.25) is 4.79 Å². The standard InChI is InChI=1S/C21H15BrN6O2/c1-13-2-4-15(5-3-13)20-24-19(30-26-20)11-27-21(29)18-10-17(25-28(18)12-23-27)14-6-8-16(22)9-7-14/h2-10,12H,11H2,1H3. The largest absolute Gasteiger partial charge is 0.337 e. The lowest BCUT2D eigenvalue weighted by Crippen LogP contribution is -2.25. The average molecular weight is 463 g/mol. The van der Waals surface area contributed by atoms with Gasteiger partial charge in [0.1, 0.15) is 18.4 Å². The van der Waals surface area contributed by atoms with Crippen LogP contribution in [0.3, 0.4) is 0 Å². The van der Waals surface area contributed by atoms with Crippen LogP contribution < -0.4 is 5.56 Å². The Morgan fingerprint density at radius 3 is 2.53 bits per heavy atom. The number of hydrogen-bond donors (Lipinski definition) is 0. The first-order valence-electron chi connectivity index (χ1n) is 9.18. The van der Waals surface area contributed by atoms with E-state index in [1.807, 2.05) is 55.5 Å². The van der Waals surface area contributed by atoms with Crippen molar-refractivity contribution >= 4 is 21.4 Å².